The second kappa shape index (κ2) is 7.05. The Bertz CT molecular complexity index is 781. The predicted octanol–water partition coefficient (Wildman–Crippen LogP) is 4.38. The van der Waals surface area contributed by atoms with Gasteiger partial charge in [0.1, 0.15) is 5.75 Å². The van der Waals surface area contributed by atoms with Crippen LogP contribution in [0.2, 0.25) is 5.02 Å². The van der Waals surface area contributed by atoms with Crippen molar-refractivity contribution in [2.45, 2.75) is 25.7 Å². The van der Waals surface area contributed by atoms with Crippen LogP contribution in [0.15, 0.2) is 36.4 Å². The van der Waals surface area contributed by atoms with Gasteiger partial charge < -0.3 is 9.84 Å². The lowest BCUT2D eigenvalue weighted by atomic mass is 9.99. The molecule has 0 heterocycles. The van der Waals surface area contributed by atoms with Gasteiger partial charge in [-0.05, 0) is 48.2 Å². The smallest absolute Gasteiger partial charge is 0.303 e. The summed E-state index contributed by atoms with van der Waals surface area (Å²) in [5.74, 6) is -0.00937. The summed E-state index contributed by atoms with van der Waals surface area (Å²) in [7, 11) is 0. The molecule has 2 aromatic carbocycles. The van der Waals surface area contributed by atoms with E-state index in [1.54, 1.807) is 12.1 Å². The van der Waals surface area contributed by atoms with Crippen LogP contribution in [0.1, 0.15) is 35.2 Å². The number of rotatable bonds is 6. The average Bonchev–Trinajstić information content (AvgIpc) is 2.92. The summed E-state index contributed by atoms with van der Waals surface area (Å²) in [5, 5.41) is 9.36. The molecule has 0 aliphatic heterocycles. The molecule has 0 unspecified atom stereocenters. The van der Waals surface area contributed by atoms with Gasteiger partial charge in [-0.25, -0.2) is 0 Å². The number of ketones is 1. The van der Waals surface area contributed by atoms with E-state index in [0.717, 1.165) is 28.7 Å². The number of carboxylic acids is 1. The lowest BCUT2D eigenvalue weighted by molar-refractivity contribution is -0.137. The SMILES string of the molecule is O=C(O)CCCOc1cc2c(cc1-c1ccc(Cl)cc1)C(=O)CC2. The van der Waals surface area contributed by atoms with Crippen molar-refractivity contribution in [2.75, 3.05) is 6.61 Å². The van der Waals surface area contributed by atoms with Gasteiger partial charge in [-0.3, -0.25) is 9.59 Å². The number of carbonyl (C=O) groups is 2. The van der Waals surface area contributed by atoms with Crippen molar-refractivity contribution in [1.82, 2.24) is 0 Å². The van der Waals surface area contributed by atoms with Crippen LogP contribution in [0.3, 0.4) is 0 Å². The maximum Gasteiger partial charge on any atom is 0.303 e. The fourth-order valence-electron chi connectivity index (χ4n) is 2.85. The molecular weight excluding hydrogens is 328 g/mol. The van der Waals surface area contributed by atoms with E-state index in [1.165, 1.54) is 0 Å². The first-order chi connectivity index (χ1) is 11.5. The third-order valence-electron chi connectivity index (χ3n) is 4.07. The molecule has 1 aliphatic carbocycles. The van der Waals surface area contributed by atoms with Crippen LogP contribution in [-0.2, 0) is 11.2 Å². The molecule has 1 N–H and O–H groups in total. The van der Waals surface area contributed by atoms with Crippen LogP contribution in [0.4, 0.5) is 0 Å². The first-order valence-electron chi connectivity index (χ1n) is 7.85. The monoisotopic (exact) mass is 344 g/mol. The van der Waals surface area contributed by atoms with E-state index in [-0.39, 0.29) is 12.2 Å². The number of carbonyl (C=O) groups excluding carboxylic acids is 1. The van der Waals surface area contributed by atoms with Gasteiger partial charge in [-0.15, -0.1) is 0 Å². The third kappa shape index (κ3) is 3.60. The summed E-state index contributed by atoms with van der Waals surface area (Å²) < 4.78 is 5.83. The molecule has 1 aliphatic rings. The van der Waals surface area contributed by atoms with E-state index in [4.69, 9.17) is 21.4 Å². The standard InChI is InChI=1S/C19H17ClO4/c20-14-6-3-12(4-7-14)16-11-15-13(5-8-17(15)21)10-18(16)24-9-1-2-19(22)23/h3-4,6-7,10-11H,1-2,5,8-9H2,(H,22,23). The van der Waals surface area contributed by atoms with E-state index in [2.05, 4.69) is 0 Å². The molecule has 0 amide bonds. The molecule has 0 aromatic heterocycles. The van der Waals surface area contributed by atoms with Crippen LogP contribution in [0.5, 0.6) is 5.75 Å². The summed E-state index contributed by atoms with van der Waals surface area (Å²) in [6.45, 7) is 0.319. The Hall–Kier alpha value is -2.33. The van der Waals surface area contributed by atoms with Gasteiger partial charge in [0.15, 0.2) is 5.78 Å². The molecule has 0 bridgehead atoms. The number of halogens is 1. The predicted molar refractivity (Wildman–Crippen MR) is 91.9 cm³/mol. The summed E-state index contributed by atoms with van der Waals surface area (Å²) >= 11 is 5.95. The van der Waals surface area contributed by atoms with Crippen molar-refractivity contribution in [2.24, 2.45) is 0 Å². The van der Waals surface area contributed by atoms with E-state index in [1.807, 2.05) is 24.3 Å². The highest BCUT2D eigenvalue weighted by Gasteiger charge is 2.22. The number of Topliss-reactive ketones (excluding diaryl/α,β-unsaturated/α-hetero) is 1. The van der Waals surface area contributed by atoms with Crippen LogP contribution in [0.25, 0.3) is 11.1 Å². The molecule has 0 radical (unpaired) electrons. The molecular formula is C19H17ClO4. The molecule has 124 valence electrons. The van der Waals surface area contributed by atoms with Gasteiger partial charge in [-0.2, -0.15) is 0 Å². The Morgan fingerprint density at radius 1 is 1.12 bits per heavy atom. The molecule has 0 saturated heterocycles. The van der Waals surface area contributed by atoms with Crippen molar-refractivity contribution in [1.29, 1.82) is 0 Å². The number of aliphatic carboxylic acids is 1. The van der Waals surface area contributed by atoms with Crippen molar-refractivity contribution in [3.05, 3.63) is 52.5 Å². The normalized spacial score (nSPS) is 13.0. The van der Waals surface area contributed by atoms with E-state index >= 15 is 0 Å². The highest BCUT2D eigenvalue weighted by molar-refractivity contribution is 6.30. The van der Waals surface area contributed by atoms with E-state index in [0.29, 0.717) is 30.2 Å². The number of aryl methyl sites for hydroxylation is 1. The Kier molecular flexibility index (Phi) is 4.86. The molecule has 0 saturated carbocycles. The molecule has 4 nitrogen and oxygen atoms in total. The van der Waals surface area contributed by atoms with Crippen LogP contribution in [-0.4, -0.2) is 23.5 Å². The number of ether oxygens (including phenoxy) is 1. The Morgan fingerprint density at radius 3 is 2.58 bits per heavy atom. The third-order valence-corrected chi connectivity index (χ3v) is 4.33. The number of hydrogen-bond acceptors (Lipinski definition) is 3. The van der Waals surface area contributed by atoms with Crippen LogP contribution in [0, 0.1) is 0 Å². The fourth-order valence-corrected chi connectivity index (χ4v) is 2.98. The topological polar surface area (TPSA) is 63.6 Å². The van der Waals surface area contributed by atoms with Gasteiger partial charge >= 0.3 is 5.97 Å². The Morgan fingerprint density at radius 2 is 1.88 bits per heavy atom. The Balaban J connectivity index is 1.92. The minimum Gasteiger partial charge on any atom is -0.493 e. The van der Waals surface area contributed by atoms with E-state index < -0.39 is 5.97 Å². The maximum atomic E-state index is 12.0. The van der Waals surface area contributed by atoms with E-state index in [9.17, 15) is 9.59 Å². The second-order valence-corrected chi connectivity index (χ2v) is 6.22. The number of hydrogen-bond donors (Lipinski definition) is 1. The number of fused-ring (bicyclic) bond motifs is 1. The lowest BCUT2D eigenvalue weighted by Gasteiger charge is -2.14. The highest BCUT2D eigenvalue weighted by atomic mass is 35.5. The summed E-state index contributed by atoms with van der Waals surface area (Å²) in [6.07, 6.45) is 1.75. The first kappa shape index (κ1) is 16.5. The molecule has 0 spiro atoms. The van der Waals surface area contributed by atoms with Crippen molar-refractivity contribution < 1.29 is 19.4 Å². The molecule has 5 heteroatoms. The van der Waals surface area contributed by atoms with Gasteiger partial charge in [0.25, 0.3) is 0 Å². The van der Waals surface area contributed by atoms with Gasteiger partial charge in [0.2, 0.25) is 0 Å². The second-order valence-electron chi connectivity index (χ2n) is 5.78. The zero-order chi connectivity index (χ0) is 17.1. The molecule has 0 atom stereocenters. The maximum absolute atomic E-state index is 12.0. The van der Waals surface area contributed by atoms with Crippen LogP contribution < -0.4 is 4.74 Å². The van der Waals surface area contributed by atoms with Crippen molar-refractivity contribution >= 4 is 23.4 Å². The quantitative estimate of drug-likeness (QED) is 0.790. The zero-order valence-corrected chi connectivity index (χ0v) is 13.8. The van der Waals surface area contributed by atoms with Crippen molar-refractivity contribution in [3.63, 3.8) is 0 Å². The minimum atomic E-state index is -0.837. The summed E-state index contributed by atoms with van der Waals surface area (Å²) in [4.78, 5) is 22.6. The zero-order valence-electron chi connectivity index (χ0n) is 13.0. The van der Waals surface area contributed by atoms with Crippen LogP contribution >= 0.6 is 11.6 Å². The van der Waals surface area contributed by atoms with Crippen molar-refractivity contribution in [3.8, 4) is 16.9 Å². The molecule has 3 rings (SSSR count). The summed E-state index contributed by atoms with van der Waals surface area (Å²) in [5.41, 5.74) is 3.48. The number of carboxylic acid groups (broad SMARTS) is 1. The molecule has 0 fully saturated rings. The largest absolute Gasteiger partial charge is 0.493 e. The summed E-state index contributed by atoms with van der Waals surface area (Å²) in [6, 6.07) is 11.1. The van der Waals surface area contributed by atoms with Gasteiger partial charge in [0, 0.05) is 29.0 Å². The van der Waals surface area contributed by atoms with Gasteiger partial charge in [0.05, 0.1) is 6.61 Å². The number of benzene rings is 2. The highest BCUT2D eigenvalue weighted by Crippen LogP contribution is 2.36. The minimum absolute atomic E-state index is 0.0692. The first-order valence-corrected chi connectivity index (χ1v) is 8.23. The molecule has 24 heavy (non-hydrogen) atoms. The average molecular weight is 345 g/mol. The molecule has 2 aromatic rings. The van der Waals surface area contributed by atoms with Gasteiger partial charge in [-0.1, -0.05) is 23.7 Å². The Labute approximate surface area is 145 Å². The fraction of sp³-hybridized carbons (Fsp3) is 0.263. The lowest BCUT2D eigenvalue weighted by Crippen LogP contribution is -2.04.